The number of hydrogen-bond acceptors (Lipinski definition) is 3. The summed E-state index contributed by atoms with van der Waals surface area (Å²) in [5.41, 5.74) is 2.65. The number of carbonyl (C=O) groups is 1. The number of aliphatic hydroxyl groups is 1. The lowest BCUT2D eigenvalue weighted by molar-refractivity contribution is 0.0901. The van der Waals surface area contributed by atoms with Gasteiger partial charge in [0, 0.05) is 23.5 Å². The monoisotopic (exact) mass is 224 g/mol. The topological polar surface area (TPSA) is 56.3 Å². The zero-order valence-corrected chi connectivity index (χ0v) is 10.4. The summed E-state index contributed by atoms with van der Waals surface area (Å²) in [6.45, 7) is 6.39. The standard InChI is InChI=1S/C12H20N2O2/c1-8-5-11(10(3)13-8)12(16)7-14(4)6-9(2)15/h5,9,13,15H,6-7H2,1-4H3. The second-order valence-electron chi connectivity index (χ2n) is 4.46. The van der Waals surface area contributed by atoms with Crippen molar-refractivity contribution in [3.05, 3.63) is 23.0 Å². The van der Waals surface area contributed by atoms with Gasteiger partial charge >= 0.3 is 0 Å². The molecule has 1 unspecified atom stereocenters. The second-order valence-corrected chi connectivity index (χ2v) is 4.46. The number of aromatic amines is 1. The predicted molar refractivity (Wildman–Crippen MR) is 63.8 cm³/mol. The summed E-state index contributed by atoms with van der Waals surface area (Å²) in [6.07, 6.45) is -0.410. The van der Waals surface area contributed by atoms with Crippen LogP contribution in [0, 0.1) is 13.8 Å². The van der Waals surface area contributed by atoms with E-state index in [1.165, 1.54) is 0 Å². The highest BCUT2D eigenvalue weighted by molar-refractivity contribution is 5.98. The molecule has 0 aliphatic heterocycles. The summed E-state index contributed by atoms with van der Waals surface area (Å²) in [7, 11) is 1.83. The minimum Gasteiger partial charge on any atom is -0.392 e. The molecule has 0 saturated carbocycles. The number of aromatic nitrogens is 1. The van der Waals surface area contributed by atoms with Gasteiger partial charge in [0.15, 0.2) is 5.78 Å². The SMILES string of the molecule is Cc1cc(C(=O)CN(C)CC(C)O)c(C)[nH]1. The molecule has 90 valence electrons. The van der Waals surface area contributed by atoms with Crippen LogP contribution in [0.5, 0.6) is 0 Å². The zero-order valence-electron chi connectivity index (χ0n) is 10.4. The van der Waals surface area contributed by atoms with Crippen LogP contribution in [0.25, 0.3) is 0 Å². The van der Waals surface area contributed by atoms with Crippen molar-refractivity contribution < 1.29 is 9.90 Å². The molecule has 0 aliphatic carbocycles. The first-order valence-electron chi connectivity index (χ1n) is 5.46. The van der Waals surface area contributed by atoms with Gasteiger partial charge in [-0.25, -0.2) is 0 Å². The van der Waals surface area contributed by atoms with E-state index in [1.807, 2.05) is 31.9 Å². The van der Waals surface area contributed by atoms with Crippen molar-refractivity contribution in [3.8, 4) is 0 Å². The molecule has 1 aromatic rings. The Hall–Kier alpha value is -1.13. The highest BCUT2D eigenvalue weighted by Crippen LogP contribution is 2.10. The number of rotatable bonds is 5. The van der Waals surface area contributed by atoms with Crippen LogP contribution >= 0.6 is 0 Å². The molecule has 0 fully saturated rings. The molecule has 0 aliphatic rings. The number of aryl methyl sites for hydroxylation is 2. The van der Waals surface area contributed by atoms with Crippen molar-refractivity contribution in [1.29, 1.82) is 0 Å². The zero-order chi connectivity index (χ0) is 12.3. The van der Waals surface area contributed by atoms with E-state index in [1.54, 1.807) is 6.92 Å². The highest BCUT2D eigenvalue weighted by atomic mass is 16.3. The first-order valence-corrected chi connectivity index (χ1v) is 5.46. The minimum absolute atomic E-state index is 0.0880. The Kier molecular flexibility index (Phi) is 4.26. The molecule has 16 heavy (non-hydrogen) atoms. The van der Waals surface area contributed by atoms with Gasteiger partial charge in [0.1, 0.15) is 0 Å². The summed E-state index contributed by atoms with van der Waals surface area (Å²) >= 11 is 0. The number of carbonyl (C=O) groups excluding carboxylic acids is 1. The van der Waals surface area contributed by atoms with Gasteiger partial charge in [-0.1, -0.05) is 0 Å². The van der Waals surface area contributed by atoms with E-state index in [4.69, 9.17) is 0 Å². The van der Waals surface area contributed by atoms with Gasteiger partial charge in [0.05, 0.1) is 12.6 Å². The van der Waals surface area contributed by atoms with Crippen LogP contribution in [-0.4, -0.2) is 47.0 Å². The number of likely N-dealkylation sites (N-methyl/N-ethyl adjacent to an activating group) is 1. The first kappa shape index (κ1) is 12.9. The minimum atomic E-state index is -0.410. The lowest BCUT2D eigenvalue weighted by Gasteiger charge is -2.17. The van der Waals surface area contributed by atoms with E-state index < -0.39 is 6.10 Å². The Bertz CT molecular complexity index is 369. The van der Waals surface area contributed by atoms with E-state index in [-0.39, 0.29) is 5.78 Å². The van der Waals surface area contributed by atoms with Crippen molar-refractivity contribution in [3.63, 3.8) is 0 Å². The number of nitrogens with zero attached hydrogens (tertiary/aromatic N) is 1. The average molecular weight is 224 g/mol. The van der Waals surface area contributed by atoms with E-state index in [0.717, 1.165) is 17.0 Å². The Morgan fingerprint density at radius 3 is 2.62 bits per heavy atom. The fourth-order valence-corrected chi connectivity index (χ4v) is 1.86. The number of nitrogens with one attached hydrogen (secondary N) is 1. The molecule has 1 atom stereocenters. The highest BCUT2D eigenvalue weighted by Gasteiger charge is 2.14. The van der Waals surface area contributed by atoms with Crippen molar-refractivity contribution in [2.75, 3.05) is 20.1 Å². The maximum absolute atomic E-state index is 11.9. The normalized spacial score (nSPS) is 13.1. The molecule has 4 heteroatoms. The molecule has 2 N–H and O–H groups in total. The van der Waals surface area contributed by atoms with E-state index in [2.05, 4.69) is 4.98 Å². The molecule has 1 aromatic heterocycles. The fraction of sp³-hybridized carbons (Fsp3) is 0.583. The van der Waals surface area contributed by atoms with Gasteiger partial charge in [-0.05, 0) is 33.9 Å². The maximum Gasteiger partial charge on any atom is 0.178 e. The van der Waals surface area contributed by atoms with Gasteiger partial charge in [-0.15, -0.1) is 0 Å². The maximum atomic E-state index is 11.9. The molecule has 1 heterocycles. The number of H-pyrrole nitrogens is 1. The van der Waals surface area contributed by atoms with Crippen LogP contribution in [0.2, 0.25) is 0 Å². The summed E-state index contributed by atoms with van der Waals surface area (Å²) in [5.74, 6) is 0.0880. The van der Waals surface area contributed by atoms with Gasteiger partial charge in [0.25, 0.3) is 0 Å². The Morgan fingerprint density at radius 1 is 1.56 bits per heavy atom. The number of hydrogen-bond donors (Lipinski definition) is 2. The molecule has 0 radical (unpaired) electrons. The quantitative estimate of drug-likeness (QED) is 0.737. The molecule has 0 saturated heterocycles. The second kappa shape index (κ2) is 5.27. The summed E-state index contributed by atoms with van der Waals surface area (Å²) in [4.78, 5) is 16.9. The lowest BCUT2D eigenvalue weighted by atomic mass is 10.1. The molecule has 0 aromatic carbocycles. The first-order chi connectivity index (χ1) is 7.40. The lowest BCUT2D eigenvalue weighted by Crippen LogP contribution is -2.32. The summed E-state index contributed by atoms with van der Waals surface area (Å²) in [6, 6.07) is 1.87. The van der Waals surface area contributed by atoms with Crippen molar-refractivity contribution >= 4 is 5.78 Å². The Balaban J connectivity index is 2.62. The van der Waals surface area contributed by atoms with Crippen molar-refractivity contribution in [2.45, 2.75) is 26.9 Å². The Labute approximate surface area is 96.3 Å². The molecule has 0 spiro atoms. The van der Waals surface area contributed by atoms with Gasteiger partial charge in [0.2, 0.25) is 0 Å². The van der Waals surface area contributed by atoms with Crippen LogP contribution in [0.1, 0.15) is 28.7 Å². The van der Waals surface area contributed by atoms with E-state index in [9.17, 15) is 9.90 Å². The summed E-state index contributed by atoms with van der Waals surface area (Å²) in [5, 5.41) is 9.21. The third-order valence-corrected chi connectivity index (χ3v) is 2.44. The van der Waals surface area contributed by atoms with Crippen molar-refractivity contribution in [1.82, 2.24) is 9.88 Å². The van der Waals surface area contributed by atoms with Crippen LogP contribution < -0.4 is 0 Å². The van der Waals surface area contributed by atoms with Gasteiger partial charge in [-0.3, -0.25) is 9.69 Å². The van der Waals surface area contributed by atoms with Crippen LogP contribution in [-0.2, 0) is 0 Å². The van der Waals surface area contributed by atoms with Crippen LogP contribution in [0.4, 0.5) is 0 Å². The molecule has 1 rings (SSSR count). The van der Waals surface area contributed by atoms with Crippen LogP contribution in [0.15, 0.2) is 6.07 Å². The molecule has 0 amide bonds. The number of ketones is 1. The van der Waals surface area contributed by atoms with Gasteiger partial charge in [-0.2, -0.15) is 0 Å². The number of aliphatic hydroxyl groups excluding tert-OH is 1. The van der Waals surface area contributed by atoms with E-state index >= 15 is 0 Å². The predicted octanol–water partition coefficient (Wildman–Crippen LogP) is 1.13. The molecular weight excluding hydrogens is 204 g/mol. The molecule has 0 bridgehead atoms. The third kappa shape index (κ3) is 3.47. The van der Waals surface area contributed by atoms with Crippen LogP contribution in [0.3, 0.4) is 0 Å². The largest absolute Gasteiger partial charge is 0.392 e. The third-order valence-electron chi connectivity index (χ3n) is 2.44. The Morgan fingerprint density at radius 2 is 2.19 bits per heavy atom. The smallest absolute Gasteiger partial charge is 0.178 e. The fourth-order valence-electron chi connectivity index (χ4n) is 1.86. The molecule has 4 nitrogen and oxygen atoms in total. The van der Waals surface area contributed by atoms with Crippen molar-refractivity contribution in [2.24, 2.45) is 0 Å². The summed E-state index contributed by atoms with van der Waals surface area (Å²) < 4.78 is 0. The average Bonchev–Trinajstić information content (AvgIpc) is 2.43. The molecular formula is C12H20N2O2. The van der Waals surface area contributed by atoms with Gasteiger partial charge < -0.3 is 10.1 Å². The number of Topliss-reactive ketones (excluding diaryl/α,β-unsaturated/α-hetero) is 1. The van der Waals surface area contributed by atoms with E-state index in [0.29, 0.717) is 13.1 Å².